The lowest BCUT2D eigenvalue weighted by molar-refractivity contribution is -0.116. The van der Waals surface area contributed by atoms with E-state index in [1.165, 1.54) is 12.1 Å². The van der Waals surface area contributed by atoms with E-state index in [9.17, 15) is 9.18 Å². The number of phenols is 1. The largest absolute Gasteiger partial charge is 0.505 e. The molecule has 0 radical (unpaired) electrons. The number of halogens is 1. The standard InChI is InChI=1S/C11H15FN2O2/c1-13-6-2-3-11(16)14-8-4-5-10(15)9(12)7-8/h4-5,7,13,15H,2-3,6H2,1H3,(H,14,16). The summed E-state index contributed by atoms with van der Waals surface area (Å²) in [7, 11) is 1.81. The van der Waals surface area contributed by atoms with Crippen molar-refractivity contribution in [2.75, 3.05) is 18.9 Å². The van der Waals surface area contributed by atoms with Crippen LogP contribution in [-0.2, 0) is 4.79 Å². The van der Waals surface area contributed by atoms with Crippen LogP contribution in [0.5, 0.6) is 5.75 Å². The summed E-state index contributed by atoms with van der Waals surface area (Å²) in [4.78, 5) is 11.4. The second kappa shape index (κ2) is 6.07. The molecule has 3 N–H and O–H groups in total. The molecule has 0 aliphatic carbocycles. The van der Waals surface area contributed by atoms with Crippen LogP contribution >= 0.6 is 0 Å². The summed E-state index contributed by atoms with van der Waals surface area (Å²) in [6.07, 6.45) is 1.10. The van der Waals surface area contributed by atoms with Gasteiger partial charge in [0.1, 0.15) is 0 Å². The van der Waals surface area contributed by atoms with E-state index in [4.69, 9.17) is 5.11 Å². The zero-order chi connectivity index (χ0) is 12.0. The molecule has 0 heterocycles. The first-order valence-electron chi connectivity index (χ1n) is 5.06. The normalized spacial score (nSPS) is 10.1. The Morgan fingerprint density at radius 2 is 2.25 bits per heavy atom. The monoisotopic (exact) mass is 226 g/mol. The smallest absolute Gasteiger partial charge is 0.224 e. The van der Waals surface area contributed by atoms with Gasteiger partial charge in [0.05, 0.1) is 0 Å². The van der Waals surface area contributed by atoms with Gasteiger partial charge in [-0.3, -0.25) is 4.79 Å². The number of rotatable bonds is 5. The average Bonchev–Trinajstić information content (AvgIpc) is 2.24. The second-order valence-electron chi connectivity index (χ2n) is 3.42. The van der Waals surface area contributed by atoms with Crippen LogP contribution in [0.2, 0.25) is 0 Å². The highest BCUT2D eigenvalue weighted by molar-refractivity contribution is 5.90. The molecule has 0 aliphatic heterocycles. The van der Waals surface area contributed by atoms with E-state index < -0.39 is 11.6 Å². The van der Waals surface area contributed by atoms with Crippen LogP contribution in [-0.4, -0.2) is 24.6 Å². The number of nitrogens with one attached hydrogen (secondary N) is 2. The van der Waals surface area contributed by atoms with Crippen molar-refractivity contribution >= 4 is 11.6 Å². The molecule has 1 rings (SSSR count). The van der Waals surface area contributed by atoms with Crippen molar-refractivity contribution in [2.24, 2.45) is 0 Å². The molecule has 88 valence electrons. The predicted octanol–water partition coefficient (Wildman–Crippen LogP) is 1.47. The fourth-order valence-electron chi connectivity index (χ4n) is 1.23. The van der Waals surface area contributed by atoms with Crippen LogP contribution < -0.4 is 10.6 Å². The summed E-state index contributed by atoms with van der Waals surface area (Å²) in [6, 6.07) is 3.75. The van der Waals surface area contributed by atoms with Gasteiger partial charge in [-0.2, -0.15) is 0 Å². The zero-order valence-corrected chi connectivity index (χ0v) is 9.09. The molecule has 1 amide bonds. The van der Waals surface area contributed by atoms with Crippen molar-refractivity contribution in [3.05, 3.63) is 24.0 Å². The topological polar surface area (TPSA) is 61.4 Å². The van der Waals surface area contributed by atoms with Crippen molar-refractivity contribution < 1.29 is 14.3 Å². The third-order valence-corrected chi connectivity index (χ3v) is 2.06. The number of carbonyl (C=O) groups excluding carboxylic acids is 1. The first-order chi connectivity index (χ1) is 7.63. The van der Waals surface area contributed by atoms with Gasteiger partial charge in [0.25, 0.3) is 0 Å². The summed E-state index contributed by atoms with van der Waals surface area (Å²) >= 11 is 0. The minimum atomic E-state index is -0.743. The fourth-order valence-corrected chi connectivity index (χ4v) is 1.23. The summed E-state index contributed by atoms with van der Waals surface area (Å²) in [5, 5.41) is 14.4. The van der Waals surface area contributed by atoms with Gasteiger partial charge in [-0.05, 0) is 32.1 Å². The van der Waals surface area contributed by atoms with E-state index in [0.29, 0.717) is 12.1 Å². The molecule has 0 fully saturated rings. The molecule has 0 aromatic heterocycles. The van der Waals surface area contributed by atoms with Gasteiger partial charge < -0.3 is 15.7 Å². The number of hydrogen-bond donors (Lipinski definition) is 3. The Morgan fingerprint density at radius 1 is 1.50 bits per heavy atom. The Hall–Kier alpha value is -1.62. The molecular weight excluding hydrogens is 211 g/mol. The maximum Gasteiger partial charge on any atom is 0.224 e. The SMILES string of the molecule is CNCCCC(=O)Nc1ccc(O)c(F)c1. The quantitative estimate of drug-likeness (QED) is 0.526. The third kappa shape index (κ3) is 3.86. The predicted molar refractivity (Wildman–Crippen MR) is 59.9 cm³/mol. The van der Waals surface area contributed by atoms with Crippen molar-refractivity contribution in [3.63, 3.8) is 0 Å². The van der Waals surface area contributed by atoms with Crippen molar-refractivity contribution in [2.45, 2.75) is 12.8 Å². The van der Waals surface area contributed by atoms with E-state index in [0.717, 1.165) is 19.0 Å². The number of hydrogen-bond acceptors (Lipinski definition) is 3. The number of amides is 1. The van der Waals surface area contributed by atoms with Gasteiger partial charge in [-0.25, -0.2) is 4.39 Å². The molecule has 4 nitrogen and oxygen atoms in total. The van der Waals surface area contributed by atoms with E-state index in [1.54, 1.807) is 0 Å². The molecule has 0 unspecified atom stereocenters. The average molecular weight is 226 g/mol. The lowest BCUT2D eigenvalue weighted by Gasteiger charge is -2.05. The highest BCUT2D eigenvalue weighted by Gasteiger charge is 2.05. The van der Waals surface area contributed by atoms with Gasteiger partial charge in [-0.15, -0.1) is 0 Å². The molecule has 1 aromatic carbocycles. The number of phenolic OH excluding ortho intramolecular Hbond substituents is 1. The van der Waals surface area contributed by atoms with Crippen molar-refractivity contribution in [1.82, 2.24) is 5.32 Å². The van der Waals surface area contributed by atoms with Gasteiger partial charge in [-0.1, -0.05) is 0 Å². The summed E-state index contributed by atoms with van der Waals surface area (Å²) in [5.41, 5.74) is 0.352. The summed E-state index contributed by atoms with van der Waals surface area (Å²) < 4.78 is 12.9. The minimum Gasteiger partial charge on any atom is -0.505 e. The van der Waals surface area contributed by atoms with Gasteiger partial charge in [0.15, 0.2) is 11.6 Å². The molecular formula is C11H15FN2O2. The number of anilines is 1. The van der Waals surface area contributed by atoms with Gasteiger partial charge in [0.2, 0.25) is 5.91 Å². The molecule has 16 heavy (non-hydrogen) atoms. The van der Waals surface area contributed by atoms with E-state index in [-0.39, 0.29) is 5.91 Å². The van der Waals surface area contributed by atoms with Crippen LogP contribution in [0.25, 0.3) is 0 Å². The number of aromatic hydroxyl groups is 1. The first-order valence-corrected chi connectivity index (χ1v) is 5.06. The first kappa shape index (κ1) is 12.4. The molecule has 0 saturated carbocycles. The fraction of sp³-hybridized carbons (Fsp3) is 0.364. The number of carbonyl (C=O) groups is 1. The molecule has 0 atom stereocenters. The molecule has 0 saturated heterocycles. The maximum atomic E-state index is 12.9. The second-order valence-corrected chi connectivity index (χ2v) is 3.42. The lowest BCUT2D eigenvalue weighted by Crippen LogP contribution is -2.15. The van der Waals surface area contributed by atoms with Gasteiger partial charge in [0, 0.05) is 18.2 Å². The zero-order valence-electron chi connectivity index (χ0n) is 9.09. The third-order valence-electron chi connectivity index (χ3n) is 2.06. The Balaban J connectivity index is 2.46. The Morgan fingerprint density at radius 3 is 2.88 bits per heavy atom. The highest BCUT2D eigenvalue weighted by Crippen LogP contribution is 2.19. The van der Waals surface area contributed by atoms with Crippen molar-refractivity contribution in [1.29, 1.82) is 0 Å². The van der Waals surface area contributed by atoms with E-state index in [1.807, 2.05) is 7.05 Å². The van der Waals surface area contributed by atoms with Crippen LogP contribution in [0.4, 0.5) is 10.1 Å². The highest BCUT2D eigenvalue weighted by atomic mass is 19.1. The van der Waals surface area contributed by atoms with E-state index >= 15 is 0 Å². The minimum absolute atomic E-state index is 0.166. The maximum absolute atomic E-state index is 12.9. The van der Waals surface area contributed by atoms with Crippen molar-refractivity contribution in [3.8, 4) is 5.75 Å². The summed E-state index contributed by atoms with van der Waals surface area (Å²) in [6.45, 7) is 0.761. The Labute approximate surface area is 93.5 Å². The lowest BCUT2D eigenvalue weighted by atomic mass is 10.2. The van der Waals surface area contributed by atoms with Crippen LogP contribution in [0.3, 0.4) is 0 Å². The molecule has 0 bridgehead atoms. The van der Waals surface area contributed by atoms with E-state index in [2.05, 4.69) is 10.6 Å². The van der Waals surface area contributed by atoms with Gasteiger partial charge >= 0.3 is 0 Å². The number of benzene rings is 1. The summed E-state index contributed by atoms with van der Waals surface area (Å²) in [5.74, 6) is -1.33. The molecule has 0 spiro atoms. The molecule has 5 heteroatoms. The molecule has 1 aromatic rings. The Bertz CT molecular complexity index is 369. The van der Waals surface area contributed by atoms with Crippen LogP contribution in [0.15, 0.2) is 18.2 Å². The molecule has 0 aliphatic rings. The van der Waals surface area contributed by atoms with Crippen LogP contribution in [0, 0.1) is 5.82 Å². The van der Waals surface area contributed by atoms with Crippen LogP contribution in [0.1, 0.15) is 12.8 Å². The Kier molecular flexibility index (Phi) is 4.72.